The summed E-state index contributed by atoms with van der Waals surface area (Å²) in [6.45, 7) is 0. The smallest absolute Gasteiger partial charge is 0.346 e. The second kappa shape index (κ2) is 3.37. The molecule has 0 aliphatic heterocycles. The SMILES string of the molecule is CS(C)(CCS)C(=O)O. The summed E-state index contributed by atoms with van der Waals surface area (Å²) in [6.07, 6.45) is 3.57. The molecule has 0 aliphatic carbocycles. The van der Waals surface area contributed by atoms with E-state index in [9.17, 15) is 4.79 Å². The minimum atomic E-state index is -1.41. The zero-order chi connectivity index (χ0) is 7.49. The van der Waals surface area contributed by atoms with Crippen molar-refractivity contribution in [2.24, 2.45) is 0 Å². The Kier molecular flexibility index (Phi) is 3.43. The Labute approximate surface area is 62.4 Å². The van der Waals surface area contributed by atoms with E-state index in [0.717, 1.165) is 0 Å². The fraction of sp³-hybridized carbons (Fsp3) is 0.800. The monoisotopic (exact) mass is 168 g/mol. The first kappa shape index (κ1) is 9.17. The summed E-state index contributed by atoms with van der Waals surface area (Å²) in [5.74, 6) is 1.36. The molecule has 2 nitrogen and oxygen atoms in total. The van der Waals surface area contributed by atoms with E-state index in [4.69, 9.17) is 5.11 Å². The van der Waals surface area contributed by atoms with Crippen LogP contribution in [0.1, 0.15) is 0 Å². The molecule has 0 amide bonds. The van der Waals surface area contributed by atoms with Crippen LogP contribution in [0.15, 0.2) is 0 Å². The molecule has 0 fully saturated rings. The molecule has 1 N–H and O–H groups in total. The molecule has 0 atom stereocenters. The molecule has 0 bridgehead atoms. The lowest BCUT2D eigenvalue weighted by atomic mass is 11.0. The summed E-state index contributed by atoms with van der Waals surface area (Å²) in [6, 6.07) is 0. The number of thiol groups is 1. The number of hydrogen-bond acceptors (Lipinski definition) is 2. The summed E-state index contributed by atoms with van der Waals surface area (Å²) < 4.78 is 0. The number of carbonyl (C=O) groups is 1. The first-order valence-corrected chi connectivity index (χ1v) is 5.80. The molecule has 0 heterocycles. The van der Waals surface area contributed by atoms with Crippen molar-refractivity contribution in [3.05, 3.63) is 0 Å². The summed E-state index contributed by atoms with van der Waals surface area (Å²) >= 11 is 3.97. The molecule has 0 radical (unpaired) electrons. The third-order valence-corrected chi connectivity index (χ3v) is 3.77. The van der Waals surface area contributed by atoms with Crippen LogP contribution in [0.3, 0.4) is 0 Å². The highest BCUT2D eigenvalue weighted by Crippen LogP contribution is 2.39. The van der Waals surface area contributed by atoms with Gasteiger partial charge in [0, 0.05) is 0 Å². The van der Waals surface area contributed by atoms with Crippen molar-refractivity contribution < 1.29 is 9.90 Å². The molecule has 0 aromatic carbocycles. The standard InChI is InChI=1S/C5H12O2S2/c1-9(2,4-3-8)5(6)7/h8H,3-4H2,1-2H3,(H,6,7). The van der Waals surface area contributed by atoms with Crippen LogP contribution in [0, 0.1) is 0 Å². The molecule has 0 saturated carbocycles. The van der Waals surface area contributed by atoms with Crippen LogP contribution in [0.2, 0.25) is 0 Å². The fourth-order valence-corrected chi connectivity index (χ4v) is 2.32. The van der Waals surface area contributed by atoms with Gasteiger partial charge in [-0.05, 0) is 24.0 Å². The predicted octanol–water partition coefficient (Wildman–Crippen LogP) is 1.66. The van der Waals surface area contributed by atoms with E-state index >= 15 is 0 Å². The molecule has 0 aliphatic rings. The van der Waals surface area contributed by atoms with Crippen LogP contribution in [0.5, 0.6) is 0 Å². The van der Waals surface area contributed by atoms with Gasteiger partial charge >= 0.3 is 5.30 Å². The normalized spacial score (nSPS) is 13.2. The molecular weight excluding hydrogens is 156 g/mol. The van der Waals surface area contributed by atoms with Crippen LogP contribution < -0.4 is 0 Å². The zero-order valence-electron chi connectivity index (χ0n) is 5.63. The molecule has 0 spiro atoms. The minimum Gasteiger partial charge on any atom is -0.474 e. The molecule has 0 aromatic rings. The van der Waals surface area contributed by atoms with Crippen LogP contribution >= 0.6 is 22.7 Å². The Hall–Kier alpha value is 0.170. The maximum absolute atomic E-state index is 10.4. The Morgan fingerprint density at radius 2 is 2.11 bits per heavy atom. The number of rotatable bonds is 2. The molecular formula is C5H12O2S2. The lowest BCUT2D eigenvalue weighted by Gasteiger charge is -2.23. The van der Waals surface area contributed by atoms with Gasteiger partial charge in [0.2, 0.25) is 0 Å². The summed E-state index contributed by atoms with van der Waals surface area (Å²) in [7, 11) is -1.41. The Morgan fingerprint density at radius 3 is 2.22 bits per heavy atom. The van der Waals surface area contributed by atoms with Crippen molar-refractivity contribution in [1.29, 1.82) is 0 Å². The van der Waals surface area contributed by atoms with E-state index in [0.29, 0.717) is 11.5 Å². The highest BCUT2D eigenvalue weighted by molar-refractivity contribution is 8.44. The van der Waals surface area contributed by atoms with E-state index < -0.39 is 15.3 Å². The number of carboxylic acid groups (broad SMARTS) is 1. The fourth-order valence-electron chi connectivity index (χ4n) is 0.316. The molecule has 0 rings (SSSR count). The van der Waals surface area contributed by atoms with E-state index in [1.807, 2.05) is 0 Å². The average molecular weight is 168 g/mol. The maximum Gasteiger partial charge on any atom is 0.346 e. The maximum atomic E-state index is 10.4. The average Bonchev–Trinajstić information content (AvgIpc) is 1.65. The van der Waals surface area contributed by atoms with Crippen molar-refractivity contribution in [2.45, 2.75) is 0 Å². The van der Waals surface area contributed by atoms with Gasteiger partial charge < -0.3 is 5.11 Å². The van der Waals surface area contributed by atoms with E-state index in [-0.39, 0.29) is 0 Å². The predicted molar refractivity (Wildman–Crippen MR) is 46.2 cm³/mol. The quantitative estimate of drug-likeness (QED) is 0.615. The van der Waals surface area contributed by atoms with Crippen molar-refractivity contribution in [3.63, 3.8) is 0 Å². The molecule has 4 heteroatoms. The van der Waals surface area contributed by atoms with Crippen LogP contribution in [-0.4, -0.2) is 34.4 Å². The van der Waals surface area contributed by atoms with Gasteiger partial charge in [-0.25, -0.2) is 4.79 Å². The van der Waals surface area contributed by atoms with Gasteiger partial charge in [0.25, 0.3) is 0 Å². The highest BCUT2D eigenvalue weighted by Gasteiger charge is 2.18. The van der Waals surface area contributed by atoms with Crippen molar-refractivity contribution >= 4 is 28.0 Å². The largest absolute Gasteiger partial charge is 0.474 e. The lowest BCUT2D eigenvalue weighted by Crippen LogP contribution is -2.11. The van der Waals surface area contributed by atoms with Crippen LogP contribution in [-0.2, 0) is 0 Å². The molecule has 0 unspecified atom stereocenters. The van der Waals surface area contributed by atoms with E-state index in [1.54, 1.807) is 12.5 Å². The van der Waals surface area contributed by atoms with Crippen LogP contribution in [0.4, 0.5) is 4.79 Å². The third-order valence-electron chi connectivity index (χ3n) is 1.07. The van der Waals surface area contributed by atoms with Gasteiger partial charge in [0.1, 0.15) is 0 Å². The topological polar surface area (TPSA) is 37.3 Å². The molecule has 0 aromatic heterocycles. The van der Waals surface area contributed by atoms with E-state index in [2.05, 4.69) is 12.6 Å². The highest BCUT2D eigenvalue weighted by atomic mass is 32.3. The van der Waals surface area contributed by atoms with Gasteiger partial charge in [0.05, 0.1) is 0 Å². The van der Waals surface area contributed by atoms with Crippen LogP contribution in [0.25, 0.3) is 0 Å². The number of hydrogen-bond donors (Lipinski definition) is 2. The first-order chi connectivity index (χ1) is 4.00. The zero-order valence-corrected chi connectivity index (χ0v) is 7.34. The molecule has 0 saturated heterocycles. The third kappa shape index (κ3) is 3.01. The summed E-state index contributed by atoms with van der Waals surface area (Å²) in [5, 5.41) is 7.91. The van der Waals surface area contributed by atoms with Crippen molar-refractivity contribution in [3.8, 4) is 0 Å². The van der Waals surface area contributed by atoms with Gasteiger partial charge in [-0.2, -0.15) is 12.6 Å². The Bertz CT molecular complexity index is 112. The second-order valence-electron chi connectivity index (χ2n) is 2.23. The minimum absolute atomic E-state index is 0.661. The van der Waals surface area contributed by atoms with Crippen molar-refractivity contribution in [1.82, 2.24) is 0 Å². The van der Waals surface area contributed by atoms with E-state index in [1.165, 1.54) is 0 Å². The molecule has 9 heavy (non-hydrogen) atoms. The van der Waals surface area contributed by atoms with Gasteiger partial charge in [-0.15, -0.1) is 10.0 Å². The van der Waals surface area contributed by atoms with Gasteiger partial charge in [-0.1, -0.05) is 0 Å². The Morgan fingerprint density at radius 1 is 1.67 bits per heavy atom. The Balaban J connectivity index is 3.85. The first-order valence-electron chi connectivity index (χ1n) is 2.55. The van der Waals surface area contributed by atoms with Crippen molar-refractivity contribution in [2.75, 3.05) is 24.0 Å². The molecule has 56 valence electrons. The second-order valence-corrected chi connectivity index (χ2v) is 6.51. The van der Waals surface area contributed by atoms with Gasteiger partial charge in [-0.3, -0.25) is 0 Å². The summed E-state index contributed by atoms with van der Waals surface area (Å²) in [5.41, 5.74) is 0. The van der Waals surface area contributed by atoms with Gasteiger partial charge in [0.15, 0.2) is 0 Å². The summed E-state index contributed by atoms with van der Waals surface area (Å²) in [4.78, 5) is 10.4. The lowest BCUT2D eigenvalue weighted by molar-refractivity contribution is 0.221.